The molecule has 0 bridgehead atoms. The van der Waals surface area contributed by atoms with Crippen LogP contribution in [0.3, 0.4) is 0 Å². The molecule has 0 amide bonds. The summed E-state index contributed by atoms with van der Waals surface area (Å²) in [6.45, 7) is 0. The Balaban J connectivity index is 1.65. The Kier molecular flexibility index (Phi) is 6.15. The van der Waals surface area contributed by atoms with Gasteiger partial charge >= 0.3 is 0 Å². The minimum Gasteiger partial charge on any atom is -0.495 e. The van der Waals surface area contributed by atoms with Crippen molar-refractivity contribution in [3.63, 3.8) is 0 Å². The van der Waals surface area contributed by atoms with Crippen molar-refractivity contribution in [1.29, 1.82) is 0 Å². The summed E-state index contributed by atoms with van der Waals surface area (Å²) in [5, 5.41) is 3.81. The number of halogens is 4. The first-order valence-corrected chi connectivity index (χ1v) is 12.2. The summed E-state index contributed by atoms with van der Waals surface area (Å²) in [4.78, 5) is 12.7. The van der Waals surface area contributed by atoms with Crippen LogP contribution in [0.5, 0.6) is 5.75 Å². The monoisotopic (exact) mass is 545 g/mol. The molecule has 5 rings (SSSR count). The lowest BCUT2D eigenvalue weighted by Gasteiger charge is -2.16. The van der Waals surface area contributed by atoms with Crippen molar-refractivity contribution < 1.29 is 35.2 Å². The number of hydrogen-bond acceptors (Lipinski definition) is 6. The maximum absolute atomic E-state index is 15.2. The van der Waals surface area contributed by atoms with Crippen molar-refractivity contribution in [1.82, 2.24) is 9.72 Å². The number of pyridine rings is 1. The van der Waals surface area contributed by atoms with Crippen molar-refractivity contribution >= 4 is 26.7 Å². The fourth-order valence-electron chi connectivity index (χ4n) is 3.91. The highest BCUT2D eigenvalue weighted by atomic mass is 32.2. The molecule has 13 heteroatoms. The topological polar surface area (TPSA) is 103 Å². The number of anilines is 1. The largest absolute Gasteiger partial charge is 0.495 e. The van der Waals surface area contributed by atoms with Gasteiger partial charge in [-0.25, -0.2) is 26.0 Å². The molecule has 0 aliphatic heterocycles. The van der Waals surface area contributed by atoms with Gasteiger partial charge in [-0.05, 0) is 48.0 Å². The number of methoxy groups -OCH3 is 1. The highest BCUT2D eigenvalue weighted by molar-refractivity contribution is 7.92. The molecule has 38 heavy (non-hydrogen) atoms. The second kappa shape index (κ2) is 9.34. The fraction of sp³-hybridized carbons (Fsp3) is 0.0400. The van der Waals surface area contributed by atoms with Crippen molar-refractivity contribution in [2.24, 2.45) is 0 Å². The Morgan fingerprint density at radius 1 is 0.921 bits per heavy atom. The highest BCUT2D eigenvalue weighted by Crippen LogP contribution is 2.34. The van der Waals surface area contributed by atoms with Gasteiger partial charge in [0.2, 0.25) is 0 Å². The summed E-state index contributed by atoms with van der Waals surface area (Å²) in [6, 6.07) is 11.1. The number of hydrogen-bond donors (Lipinski definition) is 1. The molecule has 8 nitrogen and oxygen atoms in total. The van der Waals surface area contributed by atoms with Crippen LogP contribution in [0.2, 0.25) is 0 Å². The standard InChI is InChI=1S/C25H15F4N3O5S/c1-36-22-11-16(14-9-18(27)25(29)19(28)10-14)17(26)12-21(22)32-20-4-3-15(8-13(20)2-5-24(32)33)38(34,35)31-23-6-7-37-30-23/h2-12H,1H3,(H,30,31). The van der Waals surface area contributed by atoms with E-state index in [1.54, 1.807) is 0 Å². The Bertz CT molecular complexity index is 1850. The highest BCUT2D eigenvalue weighted by Gasteiger charge is 2.21. The molecule has 194 valence electrons. The van der Waals surface area contributed by atoms with Gasteiger partial charge in [-0.3, -0.25) is 14.1 Å². The van der Waals surface area contributed by atoms with E-state index in [9.17, 15) is 26.4 Å². The van der Waals surface area contributed by atoms with E-state index in [4.69, 9.17) is 4.74 Å². The van der Waals surface area contributed by atoms with E-state index in [0.717, 1.165) is 22.8 Å². The SMILES string of the molecule is COc1cc(-c2cc(F)c(F)c(F)c2)c(F)cc1-n1c(=O)ccc2cc(S(=O)(=O)Nc3ccon3)ccc21. The Morgan fingerprint density at radius 2 is 1.66 bits per heavy atom. The van der Waals surface area contributed by atoms with E-state index in [-0.39, 0.29) is 38.8 Å². The molecule has 2 heterocycles. The molecule has 0 aliphatic rings. The molecule has 0 aliphatic carbocycles. The molecule has 0 fully saturated rings. The summed E-state index contributed by atoms with van der Waals surface area (Å²) in [5.41, 5.74) is -1.04. The minimum atomic E-state index is -4.06. The van der Waals surface area contributed by atoms with Crippen molar-refractivity contribution in [2.45, 2.75) is 4.90 Å². The van der Waals surface area contributed by atoms with Gasteiger partial charge in [0.15, 0.2) is 23.3 Å². The zero-order valence-electron chi connectivity index (χ0n) is 19.2. The van der Waals surface area contributed by atoms with Crippen LogP contribution < -0.4 is 15.0 Å². The maximum Gasteiger partial charge on any atom is 0.263 e. The smallest absolute Gasteiger partial charge is 0.263 e. The molecule has 0 saturated heterocycles. The fourth-order valence-corrected chi connectivity index (χ4v) is 4.94. The number of rotatable bonds is 6. The third-order valence-corrected chi connectivity index (χ3v) is 7.01. The van der Waals surface area contributed by atoms with Crippen molar-refractivity contribution in [2.75, 3.05) is 11.8 Å². The van der Waals surface area contributed by atoms with Gasteiger partial charge in [0, 0.05) is 29.1 Å². The quantitative estimate of drug-likeness (QED) is 0.238. The van der Waals surface area contributed by atoms with Crippen LogP contribution >= 0.6 is 0 Å². The number of nitrogens with one attached hydrogen (secondary N) is 1. The number of ether oxygens (including phenoxy) is 1. The lowest BCUT2D eigenvalue weighted by atomic mass is 10.0. The Hall–Kier alpha value is -4.65. The van der Waals surface area contributed by atoms with Crippen LogP contribution in [0.4, 0.5) is 23.4 Å². The van der Waals surface area contributed by atoms with Gasteiger partial charge in [0.05, 0.1) is 23.2 Å². The van der Waals surface area contributed by atoms with Gasteiger partial charge in [-0.15, -0.1) is 0 Å². The van der Waals surface area contributed by atoms with Crippen LogP contribution in [0.15, 0.2) is 81.1 Å². The third kappa shape index (κ3) is 4.36. The van der Waals surface area contributed by atoms with Crippen LogP contribution in [0.1, 0.15) is 0 Å². The second-order valence-corrected chi connectivity index (χ2v) is 9.66. The van der Waals surface area contributed by atoms with Gasteiger partial charge < -0.3 is 9.26 Å². The van der Waals surface area contributed by atoms with Gasteiger partial charge in [-0.2, -0.15) is 0 Å². The Labute approximate surface area is 211 Å². The summed E-state index contributed by atoms with van der Waals surface area (Å²) in [7, 11) is -2.82. The summed E-state index contributed by atoms with van der Waals surface area (Å²) >= 11 is 0. The van der Waals surface area contributed by atoms with Crippen LogP contribution in [-0.2, 0) is 10.0 Å². The molecule has 0 unspecified atom stereocenters. The molecule has 3 aromatic carbocycles. The number of fused-ring (bicyclic) bond motifs is 1. The van der Waals surface area contributed by atoms with Crippen molar-refractivity contribution in [3.05, 3.63) is 101 Å². The first kappa shape index (κ1) is 25.0. The predicted molar refractivity (Wildman–Crippen MR) is 129 cm³/mol. The van der Waals surface area contributed by atoms with E-state index in [1.165, 1.54) is 43.7 Å². The van der Waals surface area contributed by atoms with E-state index >= 15 is 4.39 Å². The molecule has 2 aromatic heterocycles. The van der Waals surface area contributed by atoms with E-state index in [1.807, 2.05) is 0 Å². The van der Waals surface area contributed by atoms with E-state index < -0.39 is 38.9 Å². The lowest BCUT2D eigenvalue weighted by molar-refractivity contribution is 0.412. The lowest BCUT2D eigenvalue weighted by Crippen LogP contribution is -2.19. The molecule has 1 N–H and O–H groups in total. The summed E-state index contributed by atoms with van der Waals surface area (Å²) in [6.07, 6.45) is 1.19. The van der Waals surface area contributed by atoms with Gasteiger partial charge in [0.25, 0.3) is 15.6 Å². The van der Waals surface area contributed by atoms with Gasteiger partial charge in [-0.1, -0.05) is 5.16 Å². The zero-order chi connectivity index (χ0) is 27.2. The number of sulfonamides is 1. The number of benzene rings is 3. The summed E-state index contributed by atoms with van der Waals surface area (Å²) in [5.74, 6) is -5.77. The zero-order valence-corrected chi connectivity index (χ0v) is 20.0. The van der Waals surface area contributed by atoms with Crippen LogP contribution in [0.25, 0.3) is 27.7 Å². The number of nitrogens with zero attached hydrogens (tertiary/aromatic N) is 2. The predicted octanol–water partition coefficient (Wildman–Crippen LogP) is 5.01. The Morgan fingerprint density at radius 3 is 2.32 bits per heavy atom. The molecular weight excluding hydrogens is 530 g/mol. The van der Waals surface area contributed by atoms with Crippen LogP contribution in [0, 0.1) is 23.3 Å². The normalized spacial score (nSPS) is 11.6. The first-order chi connectivity index (χ1) is 18.1. The first-order valence-electron chi connectivity index (χ1n) is 10.7. The maximum atomic E-state index is 15.2. The number of aromatic nitrogens is 2. The molecule has 0 saturated carbocycles. The average molecular weight is 545 g/mol. The summed E-state index contributed by atoms with van der Waals surface area (Å²) < 4.78 is 94.9. The third-order valence-electron chi connectivity index (χ3n) is 5.66. The molecule has 5 aromatic rings. The second-order valence-electron chi connectivity index (χ2n) is 7.98. The van der Waals surface area contributed by atoms with Gasteiger partial charge in [0.1, 0.15) is 17.8 Å². The van der Waals surface area contributed by atoms with Crippen LogP contribution in [-0.4, -0.2) is 25.3 Å². The molecule has 0 atom stereocenters. The molecular formula is C25H15F4N3O5S. The molecule has 0 radical (unpaired) electrons. The minimum absolute atomic E-state index is 0.0312. The van der Waals surface area contributed by atoms with E-state index in [2.05, 4.69) is 14.4 Å². The van der Waals surface area contributed by atoms with Crippen molar-refractivity contribution in [3.8, 4) is 22.6 Å². The van der Waals surface area contributed by atoms with E-state index in [0.29, 0.717) is 17.5 Å². The average Bonchev–Trinajstić information content (AvgIpc) is 3.39. The molecule has 0 spiro atoms.